The molecule has 118 valence electrons. The summed E-state index contributed by atoms with van der Waals surface area (Å²) in [5.74, 6) is -1.46. The van der Waals surface area contributed by atoms with Crippen LogP contribution >= 0.6 is 0 Å². The summed E-state index contributed by atoms with van der Waals surface area (Å²) in [6.07, 6.45) is -6.07. The minimum absolute atomic E-state index is 0.113. The number of hydrogen-bond acceptors (Lipinski definition) is 7. The molecule has 0 spiro atoms. The Labute approximate surface area is 122 Å². The van der Waals surface area contributed by atoms with Crippen LogP contribution in [0.2, 0.25) is 0 Å². The van der Waals surface area contributed by atoms with Gasteiger partial charge in [0, 0.05) is 6.42 Å². The fourth-order valence-corrected chi connectivity index (χ4v) is 2.40. The van der Waals surface area contributed by atoms with Gasteiger partial charge >= 0.3 is 0 Å². The van der Waals surface area contributed by atoms with Crippen molar-refractivity contribution in [2.75, 3.05) is 13.7 Å². The Morgan fingerprint density at radius 3 is 2.29 bits per heavy atom. The number of aliphatic hydroxyl groups is 5. The Morgan fingerprint density at radius 1 is 1.14 bits per heavy atom. The Hall–Kier alpha value is -1.22. The smallest absolute Gasteiger partial charge is 0.199 e. The van der Waals surface area contributed by atoms with Crippen LogP contribution in [0.25, 0.3) is 0 Å². The van der Waals surface area contributed by atoms with Gasteiger partial charge in [-0.3, -0.25) is 0 Å². The van der Waals surface area contributed by atoms with Crippen LogP contribution in [-0.2, 0) is 11.2 Å². The first-order valence-electron chi connectivity index (χ1n) is 6.59. The fraction of sp³-hybridized carbons (Fsp3) is 0.571. The average molecular weight is 300 g/mol. The van der Waals surface area contributed by atoms with Crippen LogP contribution < -0.4 is 4.74 Å². The maximum atomic E-state index is 10.4. The largest absolute Gasteiger partial charge is 0.497 e. The molecule has 7 heteroatoms. The minimum Gasteiger partial charge on any atom is -0.497 e. The third-order valence-corrected chi connectivity index (χ3v) is 3.67. The van der Waals surface area contributed by atoms with Gasteiger partial charge in [0.05, 0.1) is 13.7 Å². The van der Waals surface area contributed by atoms with E-state index in [4.69, 9.17) is 14.6 Å². The lowest BCUT2D eigenvalue weighted by Crippen LogP contribution is -2.65. The second-order valence-corrected chi connectivity index (χ2v) is 5.13. The van der Waals surface area contributed by atoms with E-state index in [1.165, 1.54) is 7.11 Å². The highest BCUT2D eigenvalue weighted by atomic mass is 16.7. The van der Waals surface area contributed by atoms with E-state index in [1.54, 1.807) is 24.3 Å². The van der Waals surface area contributed by atoms with E-state index in [-0.39, 0.29) is 6.42 Å². The van der Waals surface area contributed by atoms with Crippen molar-refractivity contribution in [3.05, 3.63) is 29.8 Å². The molecule has 0 aliphatic carbocycles. The summed E-state index contributed by atoms with van der Waals surface area (Å²) in [6.45, 7) is -0.587. The Kier molecular flexibility index (Phi) is 4.82. The predicted molar refractivity (Wildman–Crippen MR) is 71.6 cm³/mol. The first kappa shape index (κ1) is 16.2. The van der Waals surface area contributed by atoms with Gasteiger partial charge in [0.15, 0.2) is 5.79 Å². The molecule has 0 aromatic heterocycles. The molecule has 7 nitrogen and oxygen atoms in total. The van der Waals surface area contributed by atoms with Gasteiger partial charge in [0.1, 0.15) is 30.2 Å². The number of methoxy groups -OCH3 is 1. The van der Waals surface area contributed by atoms with Crippen LogP contribution in [0.5, 0.6) is 5.75 Å². The molecule has 1 aliphatic rings. The topological polar surface area (TPSA) is 120 Å². The summed E-state index contributed by atoms with van der Waals surface area (Å²) in [5, 5.41) is 48.9. The molecule has 0 amide bonds. The van der Waals surface area contributed by atoms with Crippen molar-refractivity contribution in [1.29, 1.82) is 0 Å². The average Bonchev–Trinajstić information content (AvgIpc) is 2.50. The van der Waals surface area contributed by atoms with Gasteiger partial charge < -0.3 is 35.0 Å². The summed E-state index contributed by atoms with van der Waals surface area (Å²) in [4.78, 5) is 0. The normalized spacial score (nSPS) is 36.5. The molecule has 5 N–H and O–H groups in total. The maximum absolute atomic E-state index is 10.4. The molecule has 5 atom stereocenters. The number of ether oxygens (including phenoxy) is 2. The van der Waals surface area contributed by atoms with E-state index in [9.17, 15) is 20.4 Å². The van der Waals surface area contributed by atoms with E-state index < -0.39 is 36.8 Å². The summed E-state index contributed by atoms with van der Waals surface area (Å²) in [7, 11) is 1.53. The van der Waals surface area contributed by atoms with Crippen LogP contribution in [0.15, 0.2) is 24.3 Å². The quantitative estimate of drug-likeness (QED) is 0.454. The molecular formula is C14H20O7. The Morgan fingerprint density at radius 2 is 1.76 bits per heavy atom. The van der Waals surface area contributed by atoms with E-state index in [0.29, 0.717) is 11.3 Å². The van der Waals surface area contributed by atoms with Crippen molar-refractivity contribution in [2.24, 2.45) is 0 Å². The number of aliphatic hydroxyl groups excluding tert-OH is 4. The van der Waals surface area contributed by atoms with Crippen LogP contribution in [0.3, 0.4) is 0 Å². The van der Waals surface area contributed by atoms with Crippen LogP contribution in [-0.4, -0.2) is 69.5 Å². The highest BCUT2D eigenvalue weighted by Crippen LogP contribution is 2.31. The number of rotatable bonds is 4. The molecule has 0 bridgehead atoms. The number of hydrogen-bond donors (Lipinski definition) is 5. The summed E-state index contributed by atoms with van der Waals surface area (Å²) in [5.41, 5.74) is 0.637. The molecule has 2 rings (SSSR count). The van der Waals surface area contributed by atoms with Crippen molar-refractivity contribution in [2.45, 2.75) is 36.6 Å². The van der Waals surface area contributed by atoms with Crippen LogP contribution in [0.1, 0.15) is 5.56 Å². The van der Waals surface area contributed by atoms with Crippen molar-refractivity contribution in [3.8, 4) is 5.75 Å². The lowest BCUT2D eigenvalue weighted by molar-refractivity contribution is -0.348. The van der Waals surface area contributed by atoms with Gasteiger partial charge in [-0.1, -0.05) is 12.1 Å². The summed E-state index contributed by atoms with van der Waals surface area (Å²) < 4.78 is 10.2. The predicted octanol–water partition coefficient (Wildman–Crippen LogP) is -1.60. The third-order valence-electron chi connectivity index (χ3n) is 3.67. The van der Waals surface area contributed by atoms with Gasteiger partial charge in [-0.2, -0.15) is 0 Å². The van der Waals surface area contributed by atoms with E-state index in [2.05, 4.69) is 0 Å². The van der Waals surface area contributed by atoms with Gasteiger partial charge in [0.25, 0.3) is 0 Å². The first-order valence-corrected chi connectivity index (χ1v) is 6.59. The molecule has 1 heterocycles. The molecule has 21 heavy (non-hydrogen) atoms. The fourth-order valence-electron chi connectivity index (χ4n) is 2.40. The van der Waals surface area contributed by atoms with E-state index in [0.717, 1.165) is 0 Å². The molecule has 0 saturated carbocycles. The SMILES string of the molecule is COc1ccc(CC2(O)O[C@@H](CO)[C@@H](O)[C@@H](O)[C@@H]2O)cc1. The van der Waals surface area contributed by atoms with Gasteiger partial charge in [-0.15, -0.1) is 0 Å². The van der Waals surface area contributed by atoms with Crippen molar-refractivity contribution < 1.29 is 35.0 Å². The molecule has 1 aromatic carbocycles. The van der Waals surface area contributed by atoms with E-state index >= 15 is 0 Å². The van der Waals surface area contributed by atoms with Crippen molar-refractivity contribution >= 4 is 0 Å². The van der Waals surface area contributed by atoms with Crippen LogP contribution in [0.4, 0.5) is 0 Å². The van der Waals surface area contributed by atoms with Crippen molar-refractivity contribution in [3.63, 3.8) is 0 Å². The Bertz CT molecular complexity index is 461. The molecule has 1 saturated heterocycles. The standard InChI is InChI=1S/C14H20O7/c1-20-9-4-2-8(3-5-9)6-14(19)13(18)12(17)11(16)10(7-15)21-14/h2-5,10-13,15-19H,6-7H2,1H3/t10-,11+,12+,13-,14?/m0/s1. The second-order valence-electron chi connectivity index (χ2n) is 5.13. The molecule has 0 radical (unpaired) electrons. The number of benzene rings is 1. The Balaban J connectivity index is 2.18. The van der Waals surface area contributed by atoms with Crippen molar-refractivity contribution in [1.82, 2.24) is 0 Å². The lowest BCUT2D eigenvalue weighted by Gasteiger charge is -2.45. The zero-order valence-corrected chi connectivity index (χ0v) is 11.6. The highest BCUT2D eigenvalue weighted by Gasteiger charge is 2.52. The summed E-state index contributed by atoms with van der Waals surface area (Å²) in [6, 6.07) is 6.72. The molecule has 1 aliphatic heterocycles. The lowest BCUT2D eigenvalue weighted by atomic mass is 9.89. The van der Waals surface area contributed by atoms with E-state index in [1.807, 2.05) is 0 Å². The molecular weight excluding hydrogens is 280 g/mol. The van der Waals surface area contributed by atoms with Gasteiger partial charge in [-0.25, -0.2) is 0 Å². The molecule has 1 fully saturated rings. The summed E-state index contributed by atoms with van der Waals surface area (Å²) >= 11 is 0. The monoisotopic (exact) mass is 300 g/mol. The van der Waals surface area contributed by atoms with Gasteiger partial charge in [0.2, 0.25) is 0 Å². The minimum atomic E-state index is -2.10. The zero-order chi connectivity index (χ0) is 15.6. The molecule has 1 unspecified atom stereocenters. The highest BCUT2D eigenvalue weighted by molar-refractivity contribution is 5.28. The maximum Gasteiger partial charge on any atom is 0.199 e. The molecule has 1 aromatic rings. The second kappa shape index (κ2) is 6.27. The third kappa shape index (κ3) is 3.18. The van der Waals surface area contributed by atoms with Crippen LogP contribution in [0, 0.1) is 0 Å². The first-order chi connectivity index (χ1) is 9.91. The van der Waals surface area contributed by atoms with Gasteiger partial charge in [-0.05, 0) is 17.7 Å². The zero-order valence-electron chi connectivity index (χ0n) is 11.6.